The van der Waals surface area contributed by atoms with E-state index in [0.29, 0.717) is 18.5 Å². The van der Waals surface area contributed by atoms with E-state index in [2.05, 4.69) is 16.0 Å². The van der Waals surface area contributed by atoms with Crippen molar-refractivity contribution >= 4 is 29.4 Å². The maximum absolute atomic E-state index is 13.2. The Morgan fingerprint density at radius 1 is 0.684 bits per heavy atom. The van der Waals surface area contributed by atoms with Crippen molar-refractivity contribution in [1.82, 2.24) is 10.6 Å². The van der Waals surface area contributed by atoms with Gasteiger partial charge in [-0.15, -0.1) is 0 Å². The van der Waals surface area contributed by atoms with Crippen LogP contribution in [0.2, 0.25) is 0 Å². The lowest BCUT2D eigenvalue weighted by Crippen LogP contribution is -2.53. The Morgan fingerprint density at radius 3 is 1.76 bits per heavy atom. The van der Waals surface area contributed by atoms with Gasteiger partial charge in [0.25, 0.3) is 5.91 Å². The number of aliphatic carboxylic acids is 2. The van der Waals surface area contributed by atoms with E-state index in [1.807, 2.05) is 36.4 Å². The zero-order valence-corrected chi connectivity index (χ0v) is 20.8. The van der Waals surface area contributed by atoms with Gasteiger partial charge in [-0.2, -0.15) is 0 Å². The summed E-state index contributed by atoms with van der Waals surface area (Å²) in [6.07, 6.45) is 0.816. The van der Waals surface area contributed by atoms with Crippen LogP contribution in [-0.4, -0.2) is 52.6 Å². The van der Waals surface area contributed by atoms with Gasteiger partial charge >= 0.3 is 11.9 Å². The summed E-state index contributed by atoms with van der Waals surface area (Å²) in [7, 11) is 0. The van der Waals surface area contributed by atoms with E-state index in [1.165, 1.54) is 0 Å². The van der Waals surface area contributed by atoms with Crippen LogP contribution in [0.1, 0.15) is 34.3 Å². The molecule has 0 fully saturated rings. The fourth-order valence-electron chi connectivity index (χ4n) is 3.83. The minimum Gasteiger partial charge on any atom is -0.481 e. The summed E-state index contributed by atoms with van der Waals surface area (Å²) in [5, 5.41) is 26.9. The highest BCUT2D eigenvalue weighted by molar-refractivity contribution is 5.98. The molecular formula is C29H31N3O6. The van der Waals surface area contributed by atoms with E-state index in [0.717, 1.165) is 16.8 Å². The molecule has 38 heavy (non-hydrogen) atoms. The number of amides is 2. The summed E-state index contributed by atoms with van der Waals surface area (Å²) in [4.78, 5) is 48.8. The summed E-state index contributed by atoms with van der Waals surface area (Å²) < 4.78 is 0. The van der Waals surface area contributed by atoms with E-state index >= 15 is 0 Å². The number of hydrogen-bond donors (Lipinski definition) is 5. The molecule has 9 nitrogen and oxygen atoms in total. The molecule has 0 aliphatic carbocycles. The van der Waals surface area contributed by atoms with Crippen molar-refractivity contribution in [3.8, 4) is 0 Å². The molecule has 0 spiro atoms. The second-order valence-corrected chi connectivity index (χ2v) is 8.81. The SMILES string of the molecule is O=C(O)CCCNc1ccc(C(=O)N[C@@H](Cc2ccccc2)C(=O)N[C@@H](Cc2ccccc2)C(=O)O)cc1. The van der Waals surface area contributed by atoms with E-state index in [9.17, 15) is 24.3 Å². The molecule has 5 N–H and O–H groups in total. The quantitative estimate of drug-likeness (QED) is 0.207. The zero-order valence-electron chi connectivity index (χ0n) is 20.8. The van der Waals surface area contributed by atoms with Crippen molar-refractivity contribution < 1.29 is 29.4 Å². The minimum atomic E-state index is -1.17. The predicted molar refractivity (Wildman–Crippen MR) is 143 cm³/mol. The fraction of sp³-hybridized carbons (Fsp3) is 0.241. The molecule has 198 valence electrons. The number of benzene rings is 3. The zero-order chi connectivity index (χ0) is 27.3. The van der Waals surface area contributed by atoms with Crippen molar-refractivity contribution in [2.45, 2.75) is 37.8 Å². The Labute approximate surface area is 220 Å². The lowest BCUT2D eigenvalue weighted by Gasteiger charge is -2.22. The molecule has 2 amide bonds. The van der Waals surface area contributed by atoms with Gasteiger partial charge in [-0.05, 0) is 41.8 Å². The number of hydrogen-bond acceptors (Lipinski definition) is 5. The second kappa shape index (κ2) is 14.2. The van der Waals surface area contributed by atoms with Gasteiger partial charge in [0.2, 0.25) is 5.91 Å². The number of anilines is 1. The summed E-state index contributed by atoms with van der Waals surface area (Å²) in [6.45, 7) is 0.477. The molecule has 0 saturated carbocycles. The molecule has 0 saturated heterocycles. The molecule has 0 aliphatic rings. The van der Waals surface area contributed by atoms with E-state index in [4.69, 9.17) is 5.11 Å². The first kappa shape index (κ1) is 27.9. The average molecular weight is 518 g/mol. The van der Waals surface area contributed by atoms with Crippen LogP contribution in [0.15, 0.2) is 84.9 Å². The van der Waals surface area contributed by atoms with Gasteiger partial charge in [0, 0.05) is 37.1 Å². The normalized spacial score (nSPS) is 12.1. The van der Waals surface area contributed by atoms with Crippen molar-refractivity contribution in [3.63, 3.8) is 0 Å². The van der Waals surface area contributed by atoms with Gasteiger partial charge in [0.05, 0.1) is 0 Å². The van der Waals surface area contributed by atoms with E-state index in [1.54, 1.807) is 48.5 Å². The van der Waals surface area contributed by atoms with Gasteiger partial charge in [-0.25, -0.2) is 4.79 Å². The number of rotatable bonds is 14. The monoisotopic (exact) mass is 517 g/mol. The average Bonchev–Trinajstić information content (AvgIpc) is 2.91. The number of carbonyl (C=O) groups excluding carboxylic acids is 2. The van der Waals surface area contributed by atoms with Crippen LogP contribution in [0, 0.1) is 0 Å². The first-order valence-electron chi connectivity index (χ1n) is 12.3. The number of nitrogens with one attached hydrogen (secondary N) is 3. The predicted octanol–water partition coefficient (Wildman–Crippen LogP) is 3.12. The van der Waals surface area contributed by atoms with E-state index < -0.39 is 35.8 Å². The molecule has 3 rings (SSSR count). The van der Waals surface area contributed by atoms with E-state index in [-0.39, 0.29) is 19.3 Å². The summed E-state index contributed by atoms with van der Waals surface area (Å²) in [6, 6.07) is 22.6. The van der Waals surface area contributed by atoms with Gasteiger partial charge in [0.15, 0.2) is 0 Å². The third-order valence-electron chi connectivity index (χ3n) is 5.85. The lowest BCUT2D eigenvalue weighted by molar-refractivity contribution is -0.142. The standard InChI is InChI=1S/C29H31N3O6/c33-26(34)12-7-17-30-23-15-13-22(14-16-23)27(35)31-24(18-20-8-3-1-4-9-20)28(36)32-25(29(37)38)19-21-10-5-2-6-11-21/h1-6,8-11,13-16,24-25,30H,7,12,17-19H2,(H,31,35)(H,32,36)(H,33,34)(H,37,38)/t24-,25-/m0/s1. The maximum atomic E-state index is 13.2. The molecule has 0 radical (unpaired) electrons. The molecule has 3 aromatic rings. The molecule has 0 aliphatic heterocycles. The largest absolute Gasteiger partial charge is 0.481 e. The lowest BCUT2D eigenvalue weighted by atomic mass is 10.0. The molecule has 0 bridgehead atoms. The Bertz CT molecular complexity index is 1220. The maximum Gasteiger partial charge on any atom is 0.326 e. The molecule has 0 heterocycles. The van der Waals surface area contributed by atoms with Crippen LogP contribution in [-0.2, 0) is 27.2 Å². The van der Waals surface area contributed by atoms with Crippen LogP contribution in [0.3, 0.4) is 0 Å². The first-order valence-corrected chi connectivity index (χ1v) is 12.3. The molecular weight excluding hydrogens is 486 g/mol. The fourth-order valence-corrected chi connectivity index (χ4v) is 3.83. The molecule has 0 unspecified atom stereocenters. The van der Waals surface area contributed by atoms with Gasteiger partial charge in [0.1, 0.15) is 12.1 Å². The minimum absolute atomic E-state index is 0.0619. The van der Waals surface area contributed by atoms with Gasteiger partial charge in [-0.3, -0.25) is 14.4 Å². The Balaban J connectivity index is 1.69. The highest BCUT2D eigenvalue weighted by Gasteiger charge is 2.27. The summed E-state index contributed by atoms with van der Waals surface area (Å²) in [5.74, 6) is -3.10. The van der Waals surface area contributed by atoms with Crippen LogP contribution in [0.4, 0.5) is 5.69 Å². The molecule has 3 aromatic carbocycles. The third-order valence-corrected chi connectivity index (χ3v) is 5.85. The topological polar surface area (TPSA) is 145 Å². The Morgan fingerprint density at radius 2 is 1.24 bits per heavy atom. The van der Waals surface area contributed by atoms with Crippen LogP contribution in [0.25, 0.3) is 0 Å². The smallest absolute Gasteiger partial charge is 0.326 e. The molecule has 0 aromatic heterocycles. The number of carboxylic acid groups (broad SMARTS) is 2. The first-order chi connectivity index (χ1) is 18.3. The third kappa shape index (κ3) is 9.09. The molecule has 2 atom stereocenters. The highest BCUT2D eigenvalue weighted by atomic mass is 16.4. The van der Waals surface area contributed by atoms with Crippen LogP contribution < -0.4 is 16.0 Å². The van der Waals surface area contributed by atoms with Crippen molar-refractivity contribution in [2.24, 2.45) is 0 Å². The van der Waals surface area contributed by atoms with Gasteiger partial charge in [-0.1, -0.05) is 60.7 Å². The van der Waals surface area contributed by atoms with Gasteiger partial charge < -0.3 is 26.2 Å². The highest BCUT2D eigenvalue weighted by Crippen LogP contribution is 2.12. The number of carbonyl (C=O) groups is 4. The van der Waals surface area contributed by atoms with Crippen molar-refractivity contribution in [2.75, 3.05) is 11.9 Å². The summed E-state index contributed by atoms with van der Waals surface area (Å²) >= 11 is 0. The van der Waals surface area contributed by atoms with Crippen molar-refractivity contribution in [1.29, 1.82) is 0 Å². The summed E-state index contributed by atoms with van der Waals surface area (Å²) in [5.41, 5.74) is 2.63. The number of carboxylic acids is 2. The van der Waals surface area contributed by atoms with Crippen molar-refractivity contribution in [3.05, 3.63) is 102 Å². The molecule has 9 heteroatoms. The Kier molecular flexibility index (Phi) is 10.4. The Hall–Kier alpha value is -4.66. The van der Waals surface area contributed by atoms with Crippen LogP contribution in [0.5, 0.6) is 0 Å². The second-order valence-electron chi connectivity index (χ2n) is 8.81. The van der Waals surface area contributed by atoms with Crippen LogP contribution >= 0.6 is 0 Å².